The molecule has 0 radical (unpaired) electrons. The molecular formula is C18H23NO6Si. The van der Waals surface area contributed by atoms with E-state index >= 15 is 0 Å². The molecular weight excluding hydrogens is 354 g/mol. The molecule has 0 unspecified atom stereocenters. The molecule has 0 aromatic heterocycles. The Hall–Kier alpha value is -2.19. The summed E-state index contributed by atoms with van der Waals surface area (Å²) in [7, 11) is 0.0911. The van der Waals surface area contributed by atoms with Gasteiger partial charge in [-0.25, -0.2) is 4.79 Å². The average molecular weight is 377 g/mol. The molecule has 1 aliphatic carbocycles. The fourth-order valence-corrected chi connectivity index (χ4v) is 3.90. The molecule has 2 fully saturated rings. The summed E-state index contributed by atoms with van der Waals surface area (Å²) < 4.78 is 16.2. The number of fused-ring (bicyclic) bond motifs is 2. The standard InChI is InChI=1S/C18H23NO6Si/c1-23-13-9-12(20)15-16(24-15)18(13)10-11(17(22)25-18)19-14(21)7-5-6-8-26(2,3)4/h5-9,11,15-16H,10H2,1-4H3,(H,19,21)/b7-5+,8-6+/t11-,15-,16-,18+/m1/s1. The van der Waals surface area contributed by atoms with Gasteiger partial charge in [0.25, 0.3) is 0 Å². The first-order valence-corrected chi connectivity index (χ1v) is 12.1. The normalized spacial score (nSPS) is 33.4. The molecule has 4 atom stereocenters. The Morgan fingerprint density at radius 2 is 2.08 bits per heavy atom. The Labute approximate surface area is 153 Å². The number of esters is 1. The van der Waals surface area contributed by atoms with Gasteiger partial charge in [-0.2, -0.15) is 0 Å². The largest absolute Gasteiger partial charge is 0.497 e. The summed E-state index contributed by atoms with van der Waals surface area (Å²) in [6.07, 6.45) is 5.23. The summed E-state index contributed by atoms with van der Waals surface area (Å²) in [6.45, 7) is 6.57. The lowest BCUT2D eigenvalue weighted by molar-refractivity contribution is -0.151. The molecule has 3 rings (SSSR count). The minimum Gasteiger partial charge on any atom is -0.497 e. The Morgan fingerprint density at radius 3 is 2.73 bits per heavy atom. The van der Waals surface area contributed by atoms with Crippen molar-refractivity contribution in [2.24, 2.45) is 0 Å². The van der Waals surface area contributed by atoms with E-state index in [-0.39, 0.29) is 23.9 Å². The lowest BCUT2D eigenvalue weighted by Crippen LogP contribution is -2.44. The number of amides is 1. The van der Waals surface area contributed by atoms with Gasteiger partial charge in [-0.3, -0.25) is 9.59 Å². The molecule has 140 valence electrons. The molecule has 1 amide bonds. The maximum absolute atomic E-state index is 12.3. The van der Waals surface area contributed by atoms with E-state index in [2.05, 4.69) is 30.7 Å². The van der Waals surface area contributed by atoms with Gasteiger partial charge >= 0.3 is 5.97 Å². The molecule has 7 nitrogen and oxygen atoms in total. The maximum atomic E-state index is 12.3. The SMILES string of the molecule is COC1=CC(=O)[C@H]2O[C@H]2[C@]12C[C@@H](NC(=O)/C=C/C=C/[Si](C)(C)C)C(=O)O2. The predicted octanol–water partition coefficient (Wildman–Crippen LogP) is 1.03. The van der Waals surface area contributed by atoms with Crippen molar-refractivity contribution in [3.8, 4) is 0 Å². The zero-order valence-electron chi connectivity index (χ0n) is 15.3. The first-order valence-electron chi connectivity index (χ1n) is 8.51. The molecule has 1 spiro atoms. The van der Waals surface area contributed by atoms with Gasteiger partial charge in [0.2, 0.25) is 11.5 Å². The van der Waals surface area contributed by atoms with Crippen LogP contribution in [0.1, 0.15) is 6.42 Å². The summed E-state index contributed by atoms with van der Waals surface area (Å²) >= 11 is 0. The molecule has 2 aliphatic heterocycles. The Balaban J connectivity index is 1.66. The summed E-state index contributed by atoms with van der Waals surface area (Å²) in [4.78, 5) is 36.1. The van der Waals surface area contributed by atoms with Crippen LogP contribution in [0, 0.1) is 0 Å². The van der Waals surface area contributed by atoms with E-state index in [1.807, 2.05) is 6.08 Å². The van der Waals surface area contributed by atoms with Gasteiger partial charge < -0.3 is 19.5 Å². The molecule has 1 N–H and O–H groups in total. The van der Waals surface area contributed by atoms with E-state index in [9.17, 15) is 14.4 Å². The van der Waals surface area contributed by atoms with Crippen LogP contribution in [0.15, 0.2) is 35.8 Å². The highest BCUT2D eigenvalue weighted by Gasteiger charge is 2.69. The molecule has 0 bridgehead atoms. The Bertz CT molecular complexity index is 734. The number of hydrogen-bond donors (Lipinski definition) is 1. The van der Waals surface area contributed by atoms with Crippen LogP contribution in [0.5, 0.6) is 0 Å². The van der Waals surface area contributed by atoms with Crippen LogP contribution in [0.2, 0.25) is 19.6 Å². The highest BCUT2D eigenvalue weighted by molar-refractivity contribution is 6.81. The number of rotatable bonds is 5. The number of ketones is 1. The molecule has 8 heteroatoms. The van der Waals surface area contributed by atoms with Gasteiger partial charge in [0.1, 0.15) is 17.9 Å². The number of epoxide rings is 1. The highest BCUT2D eigenvalue weighted by atomic mass is 28.3. The lowest BCUT2D eigenvalue weighted by Gasteiger charge is -2.29. The van der Waals surface area contributed by atoms with Gasteiger partial charge in [-0.1, -0.05) is 37.5 Å². The van der Waals surface area contributed by atoms with Crippen LogP contribution in [-0.2, 0) is 28.6 Å². The molecule has 0 aromatic rings. The number of ether oxygens (including phenoxy) is 3. The summed E-state index contributed by atoms with van der Waals surface area (Å²) in [5.74, 6) is -0.874. The van der Waals surface area contributed by atoms with Crippen molar-refractivity contribution < 1.29 is 28.6 Å². The lowest BCUT2D eigenvalue weighted by atomic mass is 9.85. The zero-order chi connectivity index (χ0) is 19.1. The third-order valence-electron chi connectivity index (χ3n) is 4.49. The molecule has 2 heterocycles. The fraction of sp³-hybridized carbons (Fsp3) is 0.500. The minimum absolute atomic E-state index is 0.171. The monoisotopic (exact) mass is 377 g/mol. The maximum Gasteiger partial charge on any atom is 0.329 e. The third kappa shape index (κ3) is 3.52. The number of carbonyl (C=O) groups is 3. The van der Waals surface area contributed by atoms with E-state index in [1.165, 1.54) is 19.3 Å². The smallest absolute Gasteiger partial charge is 0.329 e. The van der Waals surface area contributed by atoms with Crippen LogP contribution < -0.4 is 5.32 Å². The molecule has 0 aromatic carbocycles. The van der Waals surface area contributed by atoms with E-state index in [1.54, 1.807) is 6.08 Å². The summed E-state index contributed by atoms with van der Waals surface area (Å²) in [5, 5.41) is 2.65. The average Bonchev–Trinajstić information content (AvgIpc) is 3.29. The van der Waals surface area contributed by atoms with Crippen LogP contribution in [-0.4, -0.2) is 56.7 Å². The summed E-state index contributed by atoms with van der Waals surface area (Å²) in [5.41, 5.74) is 0.971. The van der Waals surface area contributed by atoms with Crippen molar-refractivity contribution in [1.82, 2.24) is 5.32 Å². The van der Waals surface area contributed by atoms with Crippen LogP contribution in [0.25, 0.3) is 0 Å². The van der Waals surface area contributed by atoms with Gasteiger partial charge in [-0.05, 0) is 0 Å². The van der Waals surface area contributed by atoms with Gasteiger partial charge in [-0.15, -0.1) is 0 Å². The van der Waals surface area contributed by atoms with Crippen molar-refractivity contribution in [2.45, 2.75) is 49.9 Å². The molecule has 2 saturated heterocycles. The number of carbonyl (C=O) groups excluding carboxylic acids is 3. The third-order valence-corrected chi connectivity index (χ3v) is 5.68. The molecule has 3 aliphatic rings. The van der Waals surface area contributed by atoms with Crippen molar-refractivity contribution in [2.75, 3.05) is 7.11 Å². The van der Waals surface area contributed by atoms with Crippen LogP contribution in [0.3, 0.4) is 0 Å². The zero-order valence-corrected chi connectivity index (χ0v) is 16.3. The number of nitrogens with one attached hydrogen (secondary N) is 1. The second-order valence-corrected chi connectivity index (χ2v) is 12.8. The molecule has 26 heavy (non-hydrogen) atoms. The number of allylic oxidation sites excluding steroid dienone is 2. The van der Waals surface area contributed by atoms with Crippen LogP contribution in [0.4, 0.5) is 0 Å². The first-order chi connectivity index (χ1) is 12.2. The Morgan fingerprint density at radius 1 is 1.35 bits per heavy atom. The number of methoxy groups -OCH3 is 1. The number of hydrogen-bond acceptors (Lipinski definition) is 6. The van der Waals surface area contributed by atoms with Crippen molar-refractivity contribution in [1.29, 1.82) is 0 Å². The van der Waals surface area contributed by atoms with Gasteiger partial charge in [0, 0.05) is 18.6 Å². The first kappa shape index (κ1) is 18.6. The second kappa shape index (κ2) is 6.51. The second-order valence-electron chi connectivity index (χ2n) is 7.75. The molecule has 0 saturated carbocycles. The van der Waals surface area contributed by atoms with E-state index in [4.69, 9.17) is 14.2 Å². The van der Waals surface area contributed by atoms with Crippen molar-refractivity contribution in [3.05, 3.63) is 35.8 Å². The van der Waals surface area contributed by atoms with Crippen molar-refractivity contribution in [3.63, 3.8) is 0 Å². The Kier molecular flexibility index (Phi) is 4.66. The fourth-order valence-electron chi connectivity index (χ4n) is 3.21. The van der Waals surface area contributed by atoms with Gasteiger partial charge in [0.05, 0.1) is 15.2 Å². The predicted molar refractivity (Wildman–Crippen MR) is 95.8 cm³/mol. The summed E-state index contributed by atoms with van der Waals surface area (Å²) in [6, 6.07) is -0.815. The van der Waals surface area contributed by atoms with Crippen LogP contribution >= 0.6 is 0 Å². The quantitative estimate of drug-likeness (QED) is 0.253. The highest BCUT2D eigenvalue weighted by Crippen LogP contribution is 2.49. The van der Waals surface area contributed by atoms with E-state index in [0.717, 1.165) is 0 Å². The topological polar surface area (TPSA) is 94.2 Å². The van der Waals surface area contributed by atoms with Gasteiger partial charge in [0.15, 0.2) is 11.9 Å². The minimum atomic E-state index is -1.32. The van der Waals surface area contributed by atoms with Crippen molar-refractivity contribution >= 4 is 25.7 Å². The van der Waals surface area contributed by atoms with E-state index < -0.39 is 37.9 Å². The van der Waals surface area contributed by atoms with E-state index in [0.29, 0.717) is 0 Å².